The molecule has 1 aliphatic heterocycles. The van der Waals surface area contributed by atoms with Gasteiger partial charge < -0.3 is 9.80 Å². The van der Waals surface area contributed by atoms with Crippen molar-refractivity contribution in [3.05, 3.63) is 42.2 Å². The molecule has 0 bridgehead atoms. The molecule has 0 N–H and O–H groups in total. The summed E-state index contributed by atoms with van der Waals surface area (Å²) in [6, 6.07) is 10.2. The number of nitrogens with zero attached hydrogens (tertiary/aromatic N) is 6. The molecule has 24 heavy (non-hydrogen) atoms. The summed E-state index contributed by atoms with van der Waals surface area (Å²) in [5, 5.41) is 11.4. The van der Waals surface area contributed by atoms with Crippen molar-refractivity contribution in [3.63, 3.8) is 0 Å². The Hall–Kier alpha value is -2.28. The van der Waals surface area contributed by atoms with Gasteiger partial charge >= 0.3 is 0 Å². The van der Waals surface area contributed by atoms with E-state index in [4.69, 9.17) is 0 Å². The number of hydrogen-bond acceptors (Lipinski definition) is 5. The highest BCUT2D eigenvalue weighted by Crippen LogP contribution is 2.20. The Balaban J connectivity index is 1.73. The minimum atomic E-state index is -0.390. The summed E-state index contributed by atoms with van der Waals surface area (Å²) in [5.41, 5.74) is 1.11. The van der Waals surface area contributed by atoms with Crippen molar-refractivity contribution >= 4 is 5.91 Å². The zero-order valence-electron chi connectivity index (χ0n) is 14.2. The summed E-state index contributed by atoms with van der Waals surface area (Å²) >= 11 is 0. The maximum atomic E-state index is 13.1. The van der Waals surface area contributed by atoms with Crippen molar-refractivity contribution in [1.82, 2.24) is 30.0 Å². The van der Waals surface area contributed by atoms with Crippen LogP contribution >= 0.6 is 0 Å². The van der Waals surface area contributed by atoms with Crippen molar-refractivity contribution in [1.29, 1.82) is 0 Å². The Bertz CT molecular complexity index is 634. The molecule has 0 unspecified atom stereocenters. The smallest absolute Gasteiger partial charge is 0.247 e. The summed E-state index contributed by atoms with van der Waals surface area (Å²) in [6.45, 7) is 1.57. The van der Waals surface area contributed by atoms with Gasteiger partial charge in [0.2, 0.25) is 5.91 Å². The van der Waals surface area contributed by atoms with E-state index in [9.17, 15) is 4.79 Å². The van der Waals surface area contributed by atoms with Gasteiger partial charge in [-0.1, -0.05) is 30.3 Å². The van der Waals surface area contributed by atoms with E-state index in [2.05, 4.69) is 34.5 Å². The van der Waals surface area contributed by atoms with Gasteiger partial charge in [0.15, 0.2) is 0 Å². The number of tetrazole rings is 1. The Labute approximate surface area is 142 Å². The van der Waals surface area contributed by atoms with Crippen LogP contribution in [-0.4, -0.2) is 69.1 Å². The predicted octanol–water partition coefficient (Wildman–Crippen LogP) is 1.01. The second-order valence-corrected chi connectivity index (χ2v) is 6.52. The number of likely N-dealkylation sites (tertiary alicyclic amines) is 1. The number of rotatable bonds is 5. The number of piperidine rings is 1. The van der Waals surface area contributed by atoms with Crippen molar-refractivity contribution in [2.45, 2.75) is 31.3 Å². The maximum Gasteiger partial charge on any atom is 0.247 e. The van der Waals surface area contributed by atoms with Gasteiger partial charge in [0.05, 0.1) is 0 Å². The van der Waals surface area contributed by atoms with Gasteiger partial charge in [-0.2, -0.15) is 0 Å². The van der Waals surface area contributed by atoms with E-state index in [1.165, 1.54) is 6.33 Å². The first-order chi connectivity index (χ1) is 11.6. The van der Waals surface area contributed by atoms with Crippen LogP contribution in [0.5, 0.6) is 0 Å². The number of hydrogen-bond donors (Lipinski definition) is 0. The van der Waals surface area contributed by atoms with Gasteiger partial charge in [0, 0.05) is 25.6 Å². The topological polar surface area (TPSA) is 67.2 Å². The number of benzene rings is 1. The molecule has 0 radical (unpaired) electrons. The molecule has 1 saturated heterocycles. The summed E-state index contributed by atoms with van der Waals surface area (Å²) in [4.78, 5) is 17.3. The Morgan fingerprint density at radius 3 is 2.54 bits per heavy atom. The molecule has 1 fully saturated rings. The fourth-order valence-electron chi connectivity index (χ4n) is 3.26. The zero-order valence-corrected chi connectivity index (χ0v) is 14.2. The van der Waals surface area contributed by atoms with Gasteiger partial charge in [0.1, 0.15) is 12.4 Å². The molecule has 2 heterocycles. The SMILES string of the molecule is CN(C)C1CCN(C(=O)[C@H](Cc2ccccc2)n2cnnn2)CC1. The molecule has 1 amide bonds. The fraction of sp³-hybridized carbons (Fsp3) is 0.529. The van der Waals surface area contributed by atoms with Crippen molar-refractivity contribution < 1.29 is 4.79 Å². The van der Waals surface area contributed by atoms with E-state index in [1.54, 1.807) is 4.68 Å². The van der Waals surface area contributed by atoms with Crippen LogP contribution in [0.4, 0.5) is 0 Å². The number of carbonyl (C=O) groups is 1. The summed E-state index contributed by atoms with van der Waals surface area (Å²) in [6.07, 6.45) is 4.13. The highest BCUT2D eigenvalue weighted by atomic mass is 16.2. The minimum Gasteiger partial charge on any atom is -0.341 e. The molecular formula is C17H24N6O. The normalized spacial score (nSPS) is 17.2. The van der Waals surface area contributed by atoms with Gasteiger partial charge in [0.25, 0.3) is 0 Å². The fourth-order valence-corrected chi connectivity index (χ4v) is 3.26. The first kappa shape index (κ1) is 16.6. The lowest BCUT2D eigenvalue weighted by Crippen LogP contribution is -2.47. The average molecular weight is 328 g/mol. The maximum absolute atomic E-state index is 13.1. The number of amides is 1. The lowest BCUT2D eigenvalue weighted by atomic mass is 10.0. The van der Waals surface area contributed by atoms with Crippen molar-refractivity contribution in [3.8, 4) is 0 Å². The summed E-state index contributed by atoms with van der Waals surface area (Å²) in [5.74, 6) is 0.100. The lowest BCUT2D eigenvalue weighted by Gasteiger charge is -2.36. The molecule has 1 aromatic heterocycles. The molecule has 2 aromatic rings. The number of aromatic nitrogens is 4. The van der Waals surface area contributed by atoms with Gasteiger partial charge in [-0.05, 0) is 42.9 Å². The third-order valence-electron chi connectivity index (χ3n) is 4.75. The molecule has 0 saturated carbocycles. The Morgan fingerprint density at radius 1 is 1.25 bits per heavy atom. The predicted molar refractivity (Wildman–Crippen MR) is 90.3 cm³/mol. The molecule has 7 heteroatoms. The highest BCUT2D eigenvalue weighted by Gasteiger charge is 2.30. The van der Waals surface area contributed by atoms with E-state index in [1.807, 2.05) is 35.2 Å². The monoisotopic (exact) mass is 328 g/mol. The van der Waals surface area contributed by atoms with Crippen LogP contribution in [-0.2, 0) is 11.2 Å². The van der Waals surface area contributed by atoms with E-state index in [-0.39, 0.29) is 5.91 Å². The van der Waals surface area contributed by atoms with Gasteiger partial charge in [-0.15, -0.1) is 5.10 Å². The second kappa shape index (κ2) is 7.53. The van der Waals surface area contributed by atoms with E-state index in [0.717, 1.165) is 31.5 Å². The molecule has 1 aromatic carbocycles. The van der Waals surface area contributed by atoms with Crippen molar-refractivity contribution in [2.75, 3.05) is 27.2 Å². The van der Waals surface area contributed by atoms with Crippen molar-refractivity contribution in [2.24, 2.45) is 0 Å². The molecular weight excluding hydrogens is 304 g/mol. The zero-order chi connectivity index (χ0) is 16.9. The molecule has 0 aliphatic carbocycles. The Kier molecular flexibility index (Phi) is 5.20. The van der Waals surface area contributed by atoms with Crippen LogP contribution in [0, 0.1) is 0 Å². The molecule has 1 aliphatic rings. The largest absolute Gasteiger partial charge is 0.341 e. The molecule has 1 atom stereocenters. The second-order valence-electron chi connectivity index (χ2n) is 6.52. The first-order valence-electron chi connectivity index (χ1n) is 8.37. The van der Waals surface area contributed by atoms with Crippen LogP contribution in [0.25, 0.3) is 0 Å². The van der Waals surface area contributed by atoms with Gasteiger partial charge in [-0.3, -0.25) is 4.79 Å². The third kappa shape index (κ3) is 3.79. The van der Waals surface area contributed by atoms with Crippen LogP contribution in [0.15, 0.2) is 36.7 Å². The van der Waals surface area contributed by atoms with Crippen LogP contribution in [0.1, 0.15) is 24.4 Å². The van der Waals surface area contributed by atoms with E-state index in [0.29, 0.717) is 12.5 Å². The lowest BCUT2D eigenvalue weighted by molar-refractivity contribution is -0.136. The quantitative estimate of drug-likeness (QED) is 0.819. The Morgan fingerprint density at radius 2 is 1.96 bits per heavy atom. The summed E-state index contributed by atoms with van der Waals surface area (Å²) < 4.78 is 1.58. The van der Waals surface area contributed by atoms with Gasteiger partial charge in [-0.25, -0.2) is 4.68 Å². The molecule has 0 spiro atoms. The average Bonchev–Trinajstić information content (AvgIpc) is 3.14. The van der Waals surface area contributed by atoms with E-state index < -0.39 is 6.04 Å². The first-order valence-corrected chi connectivity index (χ1v) is 8.37. The molecule has 3 rings (SSSR count). The molecule has 7 nitrogen and oxygen atoms in total. The minimum absolute atomic E-state index is 0.100. The van der Waals surface area contributed by atoms with Crippen LogP contribution in [0.3, 0.4) is 0 Å². The summed E-state index contributed by atoms with van der Waals surface area (Å²) in [7, 11) is 4.20. The standard InChI is InChI=1S/C17H24N6O/c1-21(2)15-8-10-22(11-9-15)17(24)16(23-13-18-19-20-23)12-14-6-4-3-5-7-14/h3-7,13,15-16H,8-12H2,1-2H3/t16-/m0/s1. The highest BCUT2D eigenvalue weighted by molar-refractivity contribution is 5.80. The van der Waals surface area contributed by atoms with Crippen LogP contribution in [0.2, 0.25) is 0 Å². The third-order valence-corrected chi connectivity index (χ3v) is 4.75. The number of carbonyl (C=O) groups excluding carboxylic acids is 1. The van der Waals surface area contributed by atoms with E-state index >= 15 is 0 Å². The van der Waals surface area contributed by atoms with Crippen LogP contribution < -0.4 is 0 Å². The molecule has 128 valence electrons.